The van der Waals surface area contributed by atoms with Crippen LogP contribution in [0.2, 0.25) is 0 Å². The molecule has 9 aromatic heterocycles. The molecule has 0 radical (unpaired) electrons. The predicted molar refractivity (Wildman–Crippen MR) is 590 cm³/mol. The Morgan fingerprint density at radius 3 is 0.958 bits per heavy atom. The van der Waals surface area contributed by atoms with Crippen LogP contribution in [0.4, 0.5) is 0 Å². The smallest absolute Gasteiger partial charge is 0.238 e. The van der Waals surface area contributed by atoms with Crippen molar-refractivity contribution in [3.8, 4) is 142 Å². The fraction of sp³-hybridized carbons (Fsp3) is 0. The van der Waals surface area contributed by atoms with Gasteiger partial charge in [0.2, 0.25) is 5.95 Å². The van der Waals surface area contributed by atoms with Crippen LogP contribution < -0.4 is 0 Å². The van der Waals surface area contributed by atoms with Crippen LogP contribution in [0.3, 0.4) is 0 Å². The molecule has 0 saturated carbocycles. The minimum Gasteiger partial charge on any atom is -0.456 e. The number of para-hydroxylation sites is 5. The van der Waals surface area contributed by atoms with E-state index in [-0.39, 0.29) is 0 Å². The highest BCUT2D eigenvalue weighted by atomic mass is 32.1. The summed E-state index contributed by atoms with van der Waals surface area (Å²) in [6.07, 6.45) is 0. The molecular formula is C129H80N12O2S. The van der Waals surface area contributed by atoms with Crippen molar-refractivity contribution in [2.75, 3.05) is 0 Å². The van der Waals surface area contributed by atoms with E-state index in [0.717, 1.165) is 160 Å². The third kappa shape index (κ3) is 15.2. The first-order chi connectivity index (χ1) is 71.3. The van der Waals surface area contributed by atoms with Crippen LogP contribution in [0.5, 0.6) is 0 Å². The molecule has 29 aromatic rings. The molecule has 0 fully saturated rings. The summed E-state index contributed by atoms with van der Waals surface area (Å²) in [6.45, 7) is 0. The van der Waals surface area contributed by atoms with Gasteiger partial charge in [0.05, 0.1) is 33.1 Å². The lowest BCUT2D eigenvalue weighted by Crippen LogP contribution is -2.06. The molecule has 15 heteroatoms. The van der Waals surface area contributed by atoms with Crippen LogP contribution in [-0.2, 0) is 0 Å². The van der Waals surface area contributed by atoms with E-state index in [0.29, 0.717) is 52.5 Å². The lowest BCUT2D eigenvalue weighted by atomic mass is 9.99. The van der Waals surface area contributed by atoms with Gasteiger partial charge >= 0.3 is 0 Å². The zero-order chi connectivity index (χ0) is 95.1. The number of furan rings is 2. The van der Waals surface area contributed by atoms with Crippen LogP contribution in [-0.4, -0.2) is 58.6 Å². The number of thiophene rings is 1. The van der Waals surface area contributed by atoms with Crippen molar-refractivity contribution in [3.05, 3.63) is 485 Å². The molecular weight excluding hydrogens is 1780 g/mol. The lowest BCUT2D eigenvalue weighted by Gasteiger charge is -2.12. The third-order valence-electron chi connectivity index (χ3n) is 27.2. The Morgan fingerprint density at radius 2 is 0.465 bits per heavy atom. The maximum atomic E-state index is 6.48. The first-order valence-corrected chi connectivity index (χ1v) is 48.8. The summed E-state index contributed by atoms with van der Waals surface area (Å²) < 4.78 is 22.0. The fourth-order valence-electron chi connectivity index (χ4n) is 20.4. The molecule has 9 heterocycles. The van der Waals surface area contributed by atoms with Crippen LogP contribution in [0.1, 0.15) is 0 Å². The normalized spacial score (nSPS) is 11.6. The van der Waals surface area contributed by atoms with E-state index in [1.807, 2.05) is 127 Å². The molecule has 0 spiro atoms. The minimum atomic E-state index is 0.559. The molecule has 674 valence electrons. The highest BCUT2D eigenvalue weighted by Gasteiger charge is 2.25. The van der Waals surface area contributed by atoms with Gasteiger partial charge < -0.3 is 18.0 Å². The van der Waals surface area contributed by atoms with Gasteiger partial charge in [0.15, 0.2) is 46.6 Å². The number of fused-ring (bicyclic) bond motifs is 18. The summed E-state index contributed by atoms with van der Waals surface area (Å²) >= 11 is 1.80. The number of benzene rings is 20. The molecule has 0 unspecified atom stereocenters. The van der Waals surface area contributed by atoms with Gasteiger partial charge in [-0.2, -0.15) is 9.97 Å². The molecule has 0 saturated heterocycles. The van der Waals surface area contributed by atoms with Crippen LogP contribution in [0.25, 0.3) is 271 Å². The predicted octanol–water partition coefficient (Wildman–Crippen LogP) is 33.4. The second-order valence-corrected chi connectivity index (χ2v) is 36.9. The van der Waals surface area contributed by atoms with E-state index in [9.17, 15) is 0 Å². The van der Waals surface area contributed by atoms with E-state index < -0.39 is 0 Å². The Balaban J connectivity index is 0.000000108. The quantitative estimate of drug-likeness (QED) is 0.102. The van der Waals surface area contributed by atoms with Gasteiger partial charge in [-0.1, -0.05) is 364 Å². The Labute approximate surface area is 829 Å². The minimum absolute atomic E-state index is 0.559. The van der Waals surface area contributed by atoms with E-state index in [1.165, 1.54) is 58.4 Å². The molecule has 20 aromatic carbocycles. The van der Waals surface area contributed by atoms with Crippen LogP contribution >= 0.6 is 11.3 Å². The highest BCUT2D eigenvalue weighted by molar-refractivity contribution is 7.25. The highest BCUT2D eigenvalue weighted by Crippen LogP contribution is 2.45. The number of hydrogen-bond donors (Lipinski definition) is 0. The third-order valence-corrected chi connectivity index (χ3v) is 28.3. The summed E-state index contributed by atoms with van der Waals surface area (Å²) in [4.78, 5) is 45.5. The van der Waals surface area contributed by atoms with Gasteiger partial charge in [0.1, 0.15) is 22.3 Å². The first kappa shape index (κ1) is 84.0. The van der Waals surface area contributed by atoms with Crippen LogP contribution in [0, 0.1) is 0 Å². The van der Waals surface area contributed by atoms with Crippen molar-refractivity contribution in [1.82, 2.24) is 58.6 Å². The molecule has 0 N–H and O–H groups in total. The fourth-order valence-corrected chi connectivity index (χ4v) is 21.5. The summed E-state index contributed by atoms with van der Waals surface area (Å²) in [6, 6.07) is 168. The summed E-state index contributed by atoms with van der Waals surface area (Å²) in [5.74, 6) is 5.52. The topological polar surface area (TPSA) is 157 Å². The lowest BCUT2D eigenvalue weighted by molar-refractivity contribution is 0.668. The molecule has 29 rings (SSSR count). The average Bonchev–Trinajstić information content (AvgIpc) is 1.56. The molecule has 0 amide bonds. The Morgan fingerprint density at radius 1 is 0.160 bits per heavy atom. The van der Waals surface area contributed by atoms with Gasteiger partial charge in [0, 0.05) is 130 Å². The number of aromatic nitrogens is 12. The van der Waals surface area contributed by atoms with E-state index in [4.69, 9.17) is 53.7 Å². The Kier molecular flexibility index (Phi) is 20.7. The SMILES string of the molecule is c1ccc(-c2ccc3c(c2)c2ccccc2n3-c2cccc(-c3nc(-c4ccccc4)nc(-c4ccc5c(c4)sc4ccccc45)n3)c2)cc1.c1ccc(-c2ccc3c(c2)c2ccccc2n3-c2nc(-c3ccccc3)nc(-c3ccc4c(c3)oc3cccc(-c5ccccc5)c34)n2)cc1.c1ccc(-c2nc(-c3cccc(-n4c5ccccc5c5ccccc54)c3)nc(-c3ccc4c(c3)oc3ccccc34)n2)cc1. The second kappa shape index (κ2) is 35.6. The summed E-state index contributed by atoms with van der Waals surface area (Å²) in [5.41, 5.74) is 26.5. The van der Waals surface area contributed by atoms with Crippen LogP contribution in [0.15, 0.2) is 494 Å². The summed E-state index contributed by atoms with van der Waals surface area (Å²) in [7, 11) is 0. The molecule has 0 aliphatic rings. The molecule has 0 aliphatic heterocycles. The molecule has 0 bridgehead atoms. The molecule has 14 nitrogen and oxygen atoms in total. The average molecular weight is 1860 g/mol. The van der Waals surface area contributed by atoms with Gasteiger partial charge in [-0.15, -0.1) is 11.3 Å². The first-order valence-electron chi connectivity index (χ1n) is 48.0. The molecule has 144 heavy (non-hydrogen) atoms. The zero-order valence-electron chi connectivity index (χ0n) is 77.3. The molecule has 0 atom stereocenters. The largest absolute Gasteiger partial charge is 0.456 e. The van der Waals surface area contributed by atoms with Crippen molar-refractivity contribution in [3.63, 3.8) is 0 Å². The number of rotatable bonds is 14. The van der Waals surface area contributed by atoms with Gasteiger partial charge in [-0.3, -0.25) is 4.57 Å². The van der Waals surface area contributed by atoms with E-state index in [1.54, 1.807) is 11.3 Å². The van der Waals surface area contributed by atoms with Gasteiger partial charge in [-0.25, -0.2) is 34.9 Å². The van der Waals surface area contributed by atoms with Crippen molar-refractivity contribution in [2.24, 2.45) is 0 Å². The van der Waals surface area contributed by atoms with Crippen molar-refractivity contribution in [2.45, 2.75) is 0 Å². The van der Waals surface area contributed by atoms with Gasteiger partial charge in [-0.05, 0) is 155 Å². The maximum Gasteiger partial charge on any atom is 0.238 e. The zero-order valence-corrected chi connectivity index (χ0v) is 78.1. The second-order valence-electron chi connectivity index (χ2n) is 35.8. The molecule has 0 aliphatic carbocycles. The van der Waals surface area contributed by atoms with Gasteiger partial charge in [0.25, 0.3) is 0 Å². The monoisotopic (exact) mass is 1860 g/mol. The number of nitrogens with zero attached hydrogens (tertiary/aromatic N) is 12. The number of hydrogen-bond acceptors (Lipinski definition) is 12. The Bertz CT molecular complexity index is 10000. The maximum absolute atomic E-state index is 6.48. The van der Waals surface area contributed by atoms with Crippen molar-refractivity contribution < 1.29 is 8.83 Å². The van der Waals surface area contributed by atoms with Crippen molar-refractivity contribution >= 4 is 141 Å². The Hall–Kier alpha value is -19.4. The van der Waals surface area contributed by atoms with E-state index >= 15 is 0 Å². The summed E-state index contributed by atoms with van der Waals surface area (Å²) in [5, 5.41) is 14.0. The van der Waals surface area contributed by atoms with Crippen molar-refractivity contribution in [1.29, 1.82) is 0 Å². The van der Waals surface area contributed by atoms with E-state index in [2.05, 4.69) is 372 Å². The standard InChI is InChI=1S/C45H28N4O.C45H28N4S.C39H24N4O/c1-4-13-29(14-5-1)32-24-26-39-37(27-32)35-19-10-11-21-38(35)49(39)45-47-43(31-17-8-3-9-18-31)46-44(48-45)33-23-25-36-41(28-33)50-40-22-12-20-34(42(36)40)30-15-6-2-7-16-30;1-3-12-29(13-4-1)31-23-25-40-38(27-31)35-18-7-9-20-39(35)49(40)34-17-11-16-32(26-34)44-46-43(30-14-5-2-6-15-30)47-45(48-44)33-22-24-37-36-19-8-10-21-41(36)50-42(37)28-33;1-2-11-25(12-3-1)37-40-38(42-39(41-37)27-21-22-32-31-17-6-9-20-35(31)44-36(32)24-27)26-13-10-14-28(23-26)43-33-18-7-4-15-29(33)30-16-5-8-19-34(30)43/h2*1-28H;1-24H.